The fourth-order valence-electron chi connectivity index (χ4n) is 2.75. The summed E-state index contributed by atoms with van der Waals surface area (Å²) in [7, 11) is 0. The fraction of sp³-hybridized carbons (Fsp3) is 0.474. The molecule has 114 valence electrons. The van der Waals surface area contributed by atoms with Gasteiger partial charge in [-0.2, -0.15) is 0 Å². The van der Waals surface area contributed by atoms with Gasteiger partial charge in [0.15, 0.2) is 0 Å². The van der Waals surface area contributed by atoms with E-state index in [-0.39, 0.29) is 0 Å². The quantitative estimate of drug-likeness (QED) is 0.721. The molecule has 2 aromatic carbocycles. The lowest BCUT2D eigenvalue weighted by Gasteiger charge is -2.25. The third kappa shape index (κ3) is 4.47. The highest BCUT2D eigenvalue weighted by Gasteiger charge is 2.07. The Balaban J connectivity index is 1.99. The molecule has 0 aliphatic heterocycles. The number of nitrogens with zero attached hydrogens (tertiary/aromatic N) is 1. The van der Waals surface area contributed by atoms with Crippen LogP contribution in [0.1, 0.15) is 33.6 Å². The molecule has 0 saturated carbocycles. The van der Waals surface area contributed by atoms with Crippen molar-refractivity contribution >= 4 is 16.5 Å². The van der Waals surface area contributed by atoms with E-state index in [0.717, 1.165) is 19.6 Å². The molecule has 0 aliphatic carbocycles. The summed E-state index contributed by atoms with van der Waals surface area (Å²) in [4.78, 5) is 2.50. The van der Waals surface area contributed by atoms with E-state index in [9.17, 15) is 0 Å². The van der Waals surface area contributed by atoms with Gasteiger partial charge in [0.2, 0.25) is 0 Å². The molecule has 21 heavy (non-hydrogen) atoms. The number of hydrogen-bond donors (Lipinski definition) is 1. The van der Waals surface area contributed by atoms with Gasteiger partial charge in [0, 0.05) is 30.2 Å². The van der Waals surface area contributed by atoms with Gasteiger partial charge in [-0.05, 0) is 37.8 Å². The van der Waals surface area contributed by atoms with Crippen LogP contribution < -0.4 is 10.2 Å². The largest absolute Gasteiger partial charge is 0.371 e. The minimum Gasteiger partial charge on any atom is -0.371 e. The summed E-state index contributed by atoms with van der Waals surface area (Å²) in [6.07, 6.45) is 2.47. The molecule has 2 aromatic rings. The first kappa shape index (κ1) is 15.8. The van der Waals surface area contributed by atoms with Gasteiger partial charge < -0.3 is 10.2 Å². The normalized spacial score (nSPS) is 11.2. The average Bonchev–Trinajstić information content (AvgIpc) is 2.50. The number of benzene rings is 2. The van der Waals surface area contributed by atoms with Crippen molar-refractivity contribution in [3.05, 3.63) is 42.5 Å². The van der Waals surface area contributed by atoms with Crippen molar-refractivity contribution in [2.45, 2.75) is 39.7 Å². The van der Waals surface area contributed by atoms with Gasteiger partial charge in [0.1, 0.15) is 0 Å². The van der Waals surface area contributed by atoms with Gasteiger partial charge in [0.25, 0.3) is 0 Å². The highest BCUT2D eigenvalue weighted by atomic mass is 15.1. The van der Waals surface area contributed by atoms with Crippen molar-refractivity contribution in [2.75, 3.05) is 24.5 Å². The summed E-state index contributed by atoms with van der Waals surface area (Å²) in [5, 5.41) is 6.18. The number of nitrogens with one attached hydrogen (secondary N) is 1. The van der Waals surface area contributed by atoms with E-state index in [1.54, 1.807) is 0 Å². The summed E-state index contributed by atoms with van der Waals surface area (Å²) in [5.74, 6) is 0. The Labute approximate surface area is 129 Å². The molecule has 0 aromatic heterocycles. The maximum Gasteiger partial charge on any atom is 0.0445 e. The first-order chi connectivity index (χ1) is 10.2. The van der Waals surface area contributed by atoms with Crippen LogP contribution in [0.2, 0.25) is 0 Å². The zero-order valence-electron chi connectivity index (χ0n) is 13.6. The molecule has 0 heterocycles. The summed E-state index contributed by atoms with van der Waals surface area (Å²) in [6.45, 7) is 9.96. The standard InChI is InChI=1S/C19H28N2/c1-4-21(15-8-7-14-20-16(2)3)19-13-9-11-17-10-5-6-12-18(17)19/h5-6,9-13,16,20H,4,7-8,14-15H2,1-3H3. The van der Waals surface area contributed by atoms with E-state index >= 15 is 0 Å². The van der Waals surface area contributed by atoms with E-state index in [1.807, 2.05) is 0 Å². The molecule has 0 saturated heterocycles. The fourth-order valence-corrected chi connectivity index (χ4v) is 2.75. The summed E-state index contributed by atoms with van der Waals surface area (Å²) in [6, 6.07) is 15.9. The van der Waals surface area contributed by atoms with E-state index in [2.05, 4.69) is 73.5 Å². The van der Waals surface area contributed by atoms with Crippen LogP contribution in [-0.2, 0) is 0 Å². The Bertz CT molecular complexity index is 543. The zero-order chi connectivity index (χ0) is 15.1. The van der Waals surface area contributed by atoms with Crippen LogP contribution in [0, 0.1) is 0 Å². The van der Waals surface area contributed by atoms with Crippen LogP contribution in [0.5, 0.6) is 0 Å². The Hall–Kier alpha value is -1.54. The maximum absolute atomic E-state index is 3.49. The highest BCUT2D eigenvalue weighted by Crippen LogP contribution is 2.26. The van der Waals surface area contributed by atoms with Crippen molar-refractivity contribution in [2.24, 2.45) is 0 Å². The molecule has 0 fully saturated rings. The minimum absolute atomic E-state index is 0.588. The lowest BCUT2D eigenvalue weighted by Crippen LogP contribution is -2.27. The van der Waals surface area contributed by atoms with Crippen molar-refractivity contribution in [1.29, 1.82) is 0 Å². The molecule has 0 bridgehead atoms. The van der Waals surface area contributed by atoms with Crippen molar-refractivity contribution in [3.8, 4) is 0 Å². The molecule has 0 radical (unpaired) electrons. The van der Waals surface area contributed by atoms with Gasteiger partial charge in [-0.3, -0.25) is 0 Å². The predicted molar refractivity (Wildman–Crippen MR) is 94.2 cm³/mol. The molecule has 0 atom stereocenters. The topological polar surface area (TPSA) is 15.3 Å². The Morgan fingerprint density at radius 1 is 1.00 bits per heavy atom. The zero-order valence-corrected chi connectivity index (χ0v) is 13.6. The second-order valence-electron chi connectivity index (χ2n) is 5.89. The monoisotopic (exact) mass is 284 g/mol. The van der Waals surface area contributed by atoms with Crippen molar-refractivity contribution in [3.63, 3.8) is 0 Å². The Kier molecular flexibility index (Phi) is 6.06. The number of anilines is 1. The average molecular weight is 284 g/mol. The van der Waals surface area contributed by atoms with E-state index in [0.29, 0.717) is 6.04 Å². The van der Waals surface area contributed by atoms with Gasteiger partial charge >= 0.3 is 0 Å². The SMILES string of the molecule is CCN(CCCCNC(C)C)c1cccc2ccccc12. The predicted octanol–water partition coefficient (Wildman–Crippen LogP) is 4.44. The summed E-state index contributed by atoms with van der Waals surface area (Å²) >= 11 is 0. The molecule has 0 aliphatic rings. The van der Waals surface area contributed by atoms with Crippen LogP contribution >= 0.6 is 0 Å². The van der Waals surface area contributed by atoms with Crippen LogP contribution in [0.4, 0.5) is 5.69 Å². The molecule has 2 rings (SSSR count). The molecule has 2 heteroatoms. The molecule has 2 nitrogen and oxygen atoms in total. The van der Waals surface area contributed by atoms with Crippen molar-refractivity contribution in [1.82, 2.24) is 5.32 Å². The van der Waals surface area contributed by atoms with Gasteiger partial charge in [-0.15, -0.1) is 0 Å². The maximum atomic E-state index is 3.49. The Morgan fingerprint density at radius 3 is 2.52 bits per heavy atom. The van der Waals surface area contributed by atoms with Gasteiger partial charge in [-0.1, -0.05) is 50.2 Å². The summed E-state index contributed by atoms with van der Waals surface area (Å²) < 4.78 is 0. The summed E-state index contributed by atoms with van der Waals surface area (Å²) in [5.41, 5.74) is 1.37. The number of rotatable bonds is 8. The second-order valence-corrected chi connectivity index (χ2v) is 5.89. The molecular formula is C19H28N2. The first-order valence-corrected chi connectivity index (χ1v) is 8.18. The lowest BCUT2D eigenvalue weighted by molar-refractivity contribution is 0.555. The number of fused-ring (bicyclic) bond motifs is 1. The third-order valence-corrected chi connectivity index (χ3v) is 3.90. The van der Waals surface area contributed by atoms with E-state index in [4.69, 9.17) is 0 Å². The molecule has 0 unspecified atom stereocenters. The number of unbranched alkanes of at least 4 members (excludes halogenated alkanes) is 1. The van der Waals surface area contributed by atoms with Crippen LogP contribution in [0.25, 0.3) is 10.8 Å². The van der Waals surface area contributed by atoms with Gasteiger partial charge in [-0.25, -0.2) is 0 Å². The van der Waals surface area contributed by atoms with Crippen molar-refractivity contribution < 1.29 is 0 Å². The third-order valence-electron chi connectivity index (χ3n) is 3.90. The second kappa shape index (κ2) is 8.04. The molecule has 1 N–H and O–H groups in total. The minimum atomic E-state index is 0.588. The van der Waals surface area contributed by atoms with Crippen LogP contribution in [0.3, 0.4) is 0 Å². The first-order valence-electron chi connectivity index (χ1n) is 8.18. The lowest BCUT2D eigenvalue weighted by atomic mass is 10.1. The van der Waals surface area contributed by atoms with E-state index in [1.165, 1.54) is 29.3 Å². The highest BCUT2D eigenvalue weighted by molar-refractivity contribution is 5.94. The van der Waals surface area contributed by atoms with E-state index < -0.39 is 0 Å². The number of hydrogen-bond acceptors (Lipinski definition) is 2. The van der Waals surface area contributed by atoms with Gasteiger partial charge in [0.05, 0.1) is 0 Å². The van der Waals surface area contributed by atoms with Crippen LogP contribution in [0.15, 0.2) is 42.5 Å². The Morgan fingerprint density at radius 2 is 1.76 bits per heavy atom. The molecular weight excluding hydrogens is 256 g/mol. The molecule has 0 amide bonds. The smallest absolute Gasteiger partial charge is 0.0445 e. The molecule has 0 spiro atoms. The van der Waals surface area contributed by atoms with Crippen LogP contribution in [-0.4, -0.2) is 25.7 Å².